The van der Waals surface area contributed by atoms with Crippen LogP contribution in [0.3, 0.4) is 0 Å². The van der Waals surface area contributed by atoms with Crippen molar-refractivity contribution in [3.8, 4) is 0 Å². The molecule has 3 aromatic rings. The van der Waals surface area contributed by atoms with Crippen LogP contribution in [0.4, 0.5) is 0 Å². The Morgan fingerprint density at radius 2 is 2.24 bits per heavy atom. The van der Waals surface area contributed by atoms with Crippen LogP contribution >= 0.6 is 11.3 Å². The fraction of sp³-hybridized carbons (Fsp3) is 0.286. The van der Waals surface area contributed by atoms with Crippen LogP contribution in [0.15, 0.2) is 29.6 Å². The zero-order chi connectivity index (χ0) is 14.8. The monoisotopic (exact) mass is 301 g/mol. The van der Waals surface area contributed by atoms with Gasteiger partial charge in [-0.15, -0.1) is 21.5 Å². The molecule has 0 saturated carbocycles. The molecule has 2 heterocycles. The maximum Gasteiger partial charge on any atom is 0.255 e. The van der Waals surface area contributed by atoms with Gasteiger partial charge >= 0.3 is 0 Å². The van der Waals surface area contributed by atoms with Gasteiger partial charge in [0.15, 0.2) is 5.82 Å². The molecule has 2 aromatic heterocycles. The van der Waals surface area contributed by atoms with Crippen LogP contribution in [-0.2, 0) is 0 Å². The number of tetrazole rings is 1. The molecule has 1 amide bonds. The van der Waals surface area contributed by atoms with Crippen LogP contribution in [-0.4, -0.2) is 45.0 Å². The van der Waals surface area contributed by atoms with E-state index in [2.05, 4.69) is 20.6 Å². The van der Waals surface area contributed by atoms with Crippen molar-refractivity contribution in [2.75, 3.05) is 13.6 Å². The van der Waals surface area contributed by atoms with Crippen molar-refractivity contribution in [3.63, 3.8) is 0 Å². The van der Waals surface area contributed by atoms with E-state index >= 15 is 0 Å². The van der Waals surface area contributed by atoms with E-state index in [9.17, 15) is 4.79 Å². The Balaban J connectivity index is 1.78. The Morgan fingerprint density at radius 3 is 3.00 bits per heavy atom. The molecule has 0 fully saturated rings. The number of rotatable bonds is 4. The molecule has 0 aliphatic rings. The largest absolute Gasteiger partial charge is 0.341 e. The van der Waals surface area contributed by atoms with Gasteiger partial charge in [-0.1, -0.05) is 30.3 Å². The normalized spacial score (nSPS) is 12.5. The number of hydrogen-bond donors (Lipinski definition) is 1. The van der Waals surface area contributed by atoms with Crippen molar-refractivity contribution in [2.24, 2.45) is 0 Å². The molecular weight excluding hydrogens is 286 g/mol. The first-order valence-corrected chi connectivity index (χ1v) is 7.50. The van der Waals surface area contributed by atoms with Gasteiger partial charge in [-0.2, -0.15) is 5.21 Å². The van der Waals surface area contributed by atoms with Gasteiger partial charge in [-0.3, -0.25) is 4.79 Å². The first-order chi connectivity index (χ1) is 10.2. The number of benzene rings is 1. The predicted octanol–water partition coefficient (Wildman–Crippen LogP) is 2.29. The third-order valence-corrected chi connectivity index (χ3v) is 4.37. The second-order valence-electron chi connectivity index (χ2n) is 5.00. The molecule has 108 valence electrons. The van der Waals surface area contributed by atoms with Crippen molar-refractivity contribution in [3.05, 3.63) is 41.0 Å². The minimum Gasteiger partial charge on any atom is -0.341 e. The summed E-state index contributed by atoms with van der Waals surface area (Å²) >= 11 is 1.59. The summed E-state index contributed by atoms with van der Waals surface area (Å²) < 4.78 is 1.13. The molecule has 6 nitrogen and oxygen atoms in total. The Kier molecular flexibility index (Phi) is 3.66. The smallest absolute Gasteiger partial charge is 0.255 e. The number of nitrogens with zero attached hydrogens (tertiary/aromatic N) is 4. The summed E-state index contributed by atoms with van der Waals surface area (Å²) in [7, 11) is 1.80. The molecule has 1 N–H and O–H groups in total. The zero-order valence-corrected chi connectivity index (χ0v) is 12.6. The number of likely N-dealkylation sites (N-methyl/N-ethyl adjacent to an activating group) is 1. The van der Waals surface area contributed by atoms with Crippen LogP contribution < -0.4 is 0 Å². The number of carbonyl (C=O) groups excluding carboxylic acids is 1. The van der Waals surface area contributed by atoms with Gasteiger partial charge < -0.3 is 4.90 Å². The highest BCUT2D eigenvalue weighted by atomic mass is 32.1. The maximum absolute atomic E-state index is 12.6. The van der Waals surface area contributed by atoms with Gasteiger partial charge in [-0.25, -0.2) is 0 Å². The van der Waals surface area contributed by atoms with E-state index in [1.165, 1.54) is 0 Å². The lowest BCUT2D eigenvalue weighted by Gasteiger charge is -2.19. The summed E-state index contributed by atoms with van der Waals surface area (Å²) in [5.41, 5.74) is 0.749. The highest BCUT2D eigenvalue weighted by Crippen LogP contribution is 2.26. The van der Waals surface area contributed by atoms with Crippen LogP contribution in [0, 0.1) is 0 Å². The lowest BCUT2D eigenvalue weighted by molar-refractivity contribution is 0.0789. The Labute approximate surface area is 125 Å². The number of aromatic amines is 1. The Hall–Kier alpha value is -2.28. The average molecular weight is 301 g/mol. The molecule has 0 aliphatic heterocycles. The number of H-pyrrole nitrogens is 1. The van der Waals surface area contributed by atoms with Crippen LogP contribution in [0.5, 0.6) is 0 Å². The standard InChI is InChI=1S/C14H15N5OS/c1-9(13-15-17-18-16-13)7-19(2)14(20)11-8-21-12-6-4-3-5-10(11)12/h3-6,8-9H,7H2,1-2H3,(H,15,16,17,18)/t9-/m1/s1. The van der Waals surface area contributed by atoms with Crippen LogP contribution in [0.1, 0.15) is 29.0 Å². The summed E-state index contributed by atoms with van der Waals surface area (Å²) in [6.45, 7) is 2.52. The van der Waals surface area contributed by atoms with Crippen molar-refractivity contribution in [1.29, 1.82) is 0 Å². The molecule has 0 unspecified atom stereocenters. The molecule has 7 heteroatoms. The molecule has 1 aromatic carbocycles. The minimum absolute atomic E-state index is 0.0165. The quantitative estimate of drug-likeness (QED) is 0.802. The van der Waals surface area contributed by atoms with Crippen molar-refractivity contribution in [1.82, 2.24) is 25.5 Å². The lowest BCUT2D eigenvalue weighted by atomic mass is 10.1. The van der Waals surface area contributed by atoms with Gasteiger partial charge in [-0.05, 0) is 6.07 Å². The molecule has 0 bridgehead atoms. The van der Waals surface area contributed by atoms with E-state index < -0.39 is 0 Å². The lowest BCUT2D eigenvalue weighted by Crippen LogP contribution is -2.30. The number of carbonyl (C=O) groups is 1. The summed E-state index contributed by atoms with van der Waals surface area (Å²) in [5.74, 6) is 0.662. The molecule has 0 aliphatic carbocycles. The number of fused-ring (bicyclic) bond motifs is 1. The second kappa shape index (κ2) is 5.61. The number of hydrogen-bond acceptors (Lipinski definition) is 5. The number of aromatic nitrogens is 4. The summed E-state index contributed by atoms with van der Waals surface area (Å²) in [6, 6.07) is 7.94. The maximum atomic E-state index is 12.6. The zero-order valence-electron chi connectivity index (χ0n) is 11.8. The van der Waals surface area contributed by atoms with E-state index in [0.29, 0.717) is 12.4 Å². The summed E-state index contributed by atoms with van der Waals surface area (Å²) in [4.78, 5) is 14.3. The van der Waals surface area contributed by atoms with Crippen LogP contribution in [0.25, 0.3) is 10.1 Å². The summed E-state index contributed by atoms with van der Waals surface area (Å²) in [6.07, 6.45) is 0. The van der Waals surface area contributed by atoms with Crippen molar-refractivity contribution in [2.45, 2.75) is 12.8 Å². The highest BCUT2D eigenvalue weighted by Gasteiger charge is 2.20. The SMILES string of the molecule is C[C@H](CN(C)C(=O)c1csc2ccccc12)c1nn[nH]n1. The molecule has 1 atom stereocenters. The van der Waals surface area contributed by atoms with Crippen LogP contribution in [0.2, 0.25) is 0 Å². The van der Waals surface area contributed by atoms with Gasteiger partial charge in [0.25, 0.3) is 5.91 Å². The fourth-order valence-electron chi connectivity index (χ4n) is 2.30. The third-order valence-electron chi connectivity index (χ3n) is 3.41. The van der Waals surface area contributed by atoms with E-state index in [0.717, 1.165) is 15.6 Å². The van der Waals surface area contributed by atoms with Gasteiger partial charge in [0.1, 0.15) is 0 Å². The summed E-state index contributed by atoms with van der Waals surface area (Å²) in [5, 5.41) is 16.8. The third kappa shape index (κ3) is 2.64. The average Bonchev–Trinajstić information content (AvgIpc) is 3.15. The van der Waals surface area contributed by atoms with E-state index in [1.54, 1.807) is 23.3 Å². The van der Waals surface area contributed by atoms with E-state index in [-0.39, 0.29) is 11.8 Å². The van der Waals surface area contributed by atoms with Crippen molar-refractivity contribution < 1.29 is 4.79 Å². The first kappa shape index (κ1) is 13.7. The molecule has 3 rings (SSSR count). The Bertz CT molecular complexity index is 752. The van der Waals surface area contributed by atoms with Crippen molar-refractivity contribution >= 4 is 27.3 Å². The topological polar surface area (TPSA) is 74.8 Å². The number of thiophene rings is 1. The Morgan fingerprint density at radius 1 is 1.43 bits per heavy atom. The van der Waals surface area contributed by atoms with E-state index in [1.807, 2.05) is 36.6 Å². The molecule has 0 saturated heterocycles. The predicted molar refractivity (Wildman–Crippen MR) is 81.4 cm³/mol. The fourth-order valence-corrected chi connectivity index (χ4v) is 3.24. The number of amides is 1. The van der Waals surface area contributed by atoms with Gasteiger partial charge in [0, 0.05) is 35.0 Å². The van der Waals surface area contributed by atoms with E-state index in [4.69, 9.17) is 0 Å². The molecule has 0 radical (unpaired) electrons. The number of nitrogens with one attached hydrogen (secondary N) is 1. The molecule has 21 heavy (non-hydrogen) atoms. The first-order valence-electron chi connectivity index (χ1n) is 6.62. The van der Waals surface area contributed by atoms with Gasteiger partial charge in [0.05, 0.1) is 5.56 Å². The minimum atomic E-state index is 0.0165. The second-order valence-corrected chi connectivity index (χ2v) is 5.91. The van der Waals surface area contributed by atoms with Gasteiger partial charge in [0.2, 0.25) is 0 Å². The molecule has 0 spiro atoms. The highest BCUT2D eigenvalue weighted by molar-refractivity contribution is 7.17. The molecular formula is C14H15N5OS.